The lowest BCUT2D eigenvalue weighted by molar-refractivity contribution is 0.156. The summed E-state index contributed by atoms with van der Waals surface area (Å²) in [6, 6.07) is 8.06. The first-order chi connectivity index (χ1) is 9.84. The quantitative estimate of drug-likeness (QED) is 0.920. The van der Waals surface area contributed by atoms with E-state index in [2.05, 4.69) is 33.8 Å². The van der Waals surface area contributed by atoms with Crippen molar-refractivity contribution < 1.29 is 4.21 Å². The van der Waals surface area contributed by atoms with Crippen LogP contribution in [0.4, 0.5) is 0 Å². The first-order valence-electron chi connectivity index (χ1n) is 8.01. The summed E-state index contributed by atoms with van der Waals surface area (Å²) in [4.78, 5) is 0.996. The smallest absolute Gasteiger partial charge is 0.0566 e. The molecule has 0 bridgehead atoms. The van der Waals surface area contributed by atoms with Gasteiger partial charge in [-0.25, -0.2) is 0 Å². The van der Waals surface area contributed by atoms with Crippen LogP contribution in [0, 0.1) is 24.2 Å². The van der Waals surface area contributed by atoms with Crippen LogP contribution < -0.4 is 5.73 Å². The molecule has 1 aliphatic rings. The second kappa shape index (κ2) is 6.62. The number of hydrogen-bond donors (Lipinski definition) is 1. The molecule has 0 amide bonds. The van der Waals surface area contributed by atoms with Gasteiger partial charge in [0.05, 0.1) is 10.8 Å². The zero-order valence-corrected chi connectivity index (χ0v) is 14.6. The van der Waals surface area contributed by atoms with Gasteiger partial charge in [-0.3, -0.25) is 4.21 Å². The zero-order valence-electron chi connectivity index (χ0n) is 13.8. The Morgan fingerprint density at radius 2 is 1.90 bits per heavy atom. The SMILES string of the molecule is Cc1ccccc1S(=O)C1CC(C(C)(C)C)CCC1CN. The predicted molar refractivity (Wildman–Crippen MR) is 90.7 cm³/mol. The van der Waals surface area contributed by atoms with E-state index in [1.807, 2.05) is 18.2 Å². The van der Waals surface area contributed by atoms with Crippen LogP contribution in [-0.2, 0) is 10.8 Å². The summed E-state index contributed by atoms with van der Waals surface area (Å²) in [6.07, 6.45) is 3.36. The number of aryl methyl sites for hydroxylation is 1. The van der Waals surface area contributed by atoms with E-state index >= 15 is 0 Å². The van der Waals surface area contributed by atoms with E-state index in [1.54, 1.807) is 0 Å². The highest BCUT2D eigenvalue weighted by atomic mass is 32.2. The van der Waals surface area contributed by atoms with Crippen LogP contribution in [0.3, 0.4) is 0 Å². The molecule has 0 saturated heterocycles. The number of hydrogen-bond acceptors (Lipinski definition) is 2. The van der Waals surface area contributed by atoms with Gasteiger partial charge in [0.2, 0.25) is 0 Å². The molecular weight excluding hydrogens is 278 g/mol. The van der Waals surface area contributed by atoms with Crippen LogP contribution >= 0.6 is 0 Å². The van der Waals surface area contributed by atoms with E-state index < -0.39 is 10.8 Å². The van der Waals surface area contributed by atoms with Crippen LogP contribution in [-0.4, -0.2) is 16.0 Å². The molecule has 0 aliphatic heterocycles. The normalized spacial score (nSPS) is 28.3. The average molecular weight is 308 g/mol. The maximum absolute atomic E-state index is 13.1. The molecule has 1 saturated carbocycles. The molecule has 4 atom stereocenters. The van der Waals surface area contributed by atoms with Gasteiger partial charge in [0, 0.05) is 10.1 Å². The Morgan fingerprint density at radius 3 is 2.48 bits per heavy atom. The van der Waals surface area contributed by atoms with Crippen LogP contribution in [0.15, 0.2) is 29.2 Å². The van der Waals surface area contributed by atoms with E-state index in [9.17, 15) is 4.21 Å². The van der Waals surface area contributed by atoms with Crippen molar-refractivity contribution in [3.8, 4) is 0 Å². The van der Waals surface area contributed by atoms with Crippen molar-refractivity contribution in [1.29, 1.82) is 0 Å². The van der Waals surface area contributed by atoms with Gasteiger partial charge in [0.25, 0.3) is 0 Å². The van der Waals surface area contributed by atoms with Gasteiger partial charge in [0.1, 0.15) is 0 Å². The van der Waals surface area contributed by atoms with Gasteiger partial charge in [-0.15, -0.1) is 0 Å². The van der Waals surface area contributed by atoms with Gasteiger partial charge in [-0.1, -0.05) is 39.0 Å². The molecule has 0 spiro atoms. The van der Waals surface area contributed by atoms with Crippen molar-refractivity contribution in [1.82, 2.24) is 0 Å². The highest BCUT2D eigenvalue weighted by molar-refractivity contribution is 7.85. The van der Waals surface area contributed by atoms with Crippen LogP contribution in [0.25, 0.3) is 0 Å². The molecule has 1 aromatic carbocycles. The second-order valence-electron chi connectivity index (χ2n) is 7.47. The van der Waals surface area contributed by atoms with E-state index in [1.165, 1.54) is 6.42 Å². The highest BCUT2D eigenvalue weighted by Crippen LogP contribution is 2.42. The number of nitrogens with two attached hydrogens (primary N) is 1. The summed E-state index contributed by atoms with van der Waals surface area (Å²) in [6.45, 7) is 9.60. The van der Waals surface area contributed by atoms with Crippen molar-refractivity contribution in [2.75, 3.05) is 6.54 Å². The summed E-state index contributed by atoms with van der Waals surface area (Å²) in [5, 5.41) is 0.203. The van der Waals surface area contributed by atoms with E-state index in [0.717, 1.165) is 23.3 Å². The Labute approximate surface area is 132 Å². The van der Waals surface area contributed by atoms with E-state index in [0.29, 0.717) is 18.4 Å². The predicted octanol–water partition coefficient (Wildman–Crippen LogP) is 3.89. The Hall–Kier alpha value is -0.670. The molecule has 4 unspecified atom stereocenters. The fourth-order valence-electron chi connectivity index (χ4n) is 3.46. The minimum absolute atomic E-state index is 0.203. The molecule has 1 aromatic rings. The van der Waals surface area contributed by atoms with Gasteiger partial charge in [-0.05, 0) is 61.6 Å². The molecule has 0 aromatic heterocycles. The van der Waals surface area contributed by atoms with Crippen molar-refractivity contribution in [2.24, 2.45) is 23.0 Å². The van der Waals surface area contributed by atoms with Crippen molar-refractivity contribution in [3.05, 3.63) is 29.8 Å². The summed E-state index contributed by atoms with van der Waals surface area (Å²) < 4.78 is 13.1. The largest absolute Gasteiger partial charge is 0.330 e. The summed E-state index contributed by atoms with van der Waals surface area (Å²) in [5.41, 5.74) is 7.38. The van der Waals surface area contributed by atoms with Gasteiger partial charge in [0.15, 0.2) is 0 Å². The standard InChI is InChI=1S/C18H29NOS/c1-13-7-5-6-8-16(13)21(20)17-11-15(18(2,3)4)10-9-14(17)12-19/h5-8,14-15,17H,9-12,19H2,1-4H3. The first-order valence-corrected chi connectivity index (χ1v) is 9.22. The maximum Gasteiger partial charge on any atom is 0.0566 e. The average Bonchev–Trinajstić information content (AvgIpc) is 2.45. The first kappa shape index (κ1) is 16.7. The molecule has 2 N–H and O–H groups in total. The van der Waals surface area contributed by atoms with Crippen LogP contribution in [0.2, 0.25) is 0 Å². The summed E-state index contributed by atoms with van der Waals surface area (Å²) >= 11 is 0. The fraction of sp³-hybridized carbons (Fsp3) is 0.667. The molecule has 1 aliphatic carbocycles. The second-order valence-corrected chi connectivity index (χ2v) is 9.11. The van der Waals surface area contributed by atoms with Crippen LogP contribution in [0.5, 0.6) is 0 Å². The highest BCUT2D eigenvalue weighted by Gasteiger charge is 2.38. The fourth-order valence-corrected chi connectivity index (χ4v) is 5.38. The topological polar surface area (TPSA) is 43.1 Å². The maximum atomic E-state index is 13.1. The van der Waals surface area contributed by atoms with Gasteiger partial charge >= 0.3 is 0 Å². The monoisotopic (exact) mass is 307 g/mol. The molecule has 0 heterocycles. The van der Waals surface area contributed by atoms with Gasteiger partial charge < -0.3 is 5.73 Å². The lowest BCUT2D eigenvalue weighted by Gasteiger charge is -2.41. The molecule has 2 nitrogen and oxygen atoms in total. The van der Waals surface area contributed by atoms with Crippen LogP contribution in [0.1, 0.15) is 45.6 Å². The Kier molecular flexibility index (Phi) is 5.26. The van der Waals surface area contributed by atoms with E-state index in [-0.39, 0.29) is 10.7 Å². The minimum atomic E-state index is -0.947. The molecular formula is C18H29NOS. The molecule has 0 radical (unpaired) electrons. The van der Waals surface area contributed by atoms with E-state index in [4.69, 9.17) is 5.73 Å². The van der Waals surface area contributed by atoms with Gasteiger partial charge in [-0.2, -0.15) is 0 Å². The van der Waals surface area contributed by atoms with Crippen molar-refractivity contribution >= 4 is 10.8 Å². The summed E-state index contributed by atoms with van der Waals surface area (Å²) in [5.74, 6) is 1.03. The van der Waals surface area contributed by atoms with Crippen molar-refractivity contribution in [3.63, 3.8) is 0 Å². The lowest BCUT2D eigenvalue weighted by Crippen LogP contribution is -2.40. The third kappa shape index (κ3) is 3.75. The summed E-state index contributed by atoms with van der Waals surface area (Å²) in [7, 11) is -0.947. The zero-order chi connectivity index (χ0) is 15.6. The Bertz CT molecular complexity index is 506. The lowest BCUT2D eigenvalue weighted by atomic mass is 9.69. The molecule has 3 heteroatoms. The van der Waals surface area contributed by atoms with Crippen molar-refractivity contribution in [2.45, 2.75) is 57.1 Å². The molecule has 1 fully saturated rings. The minimum Gasteiger partial charge on any atom is -0.330 e. The molecule has 2 rings (SSSR count). The molecule has 21 heavy (non-hydrogen) atoms. The third-order valence-corrected chi connectivity index (χ3v) is 7.06. The molecule has 118 valence electrons. The number of benzene rings is 1. The third-order valence-electron chi connectivity index (χ3n) is 5.04. The Balaban J connectivity index is 2.25. The number of rotatable bonds is 3. The Morgan fingerprint density at radius 1 is 1.24 bits per heavy atom.